The Morgan fingerprint density at radius 3 is 2.56 bits per heavy atom. The molecule has 1 aromatic carbocycles. The predicted octanol–water partition coefficient (Wildman–Crippen LogP) is 1.83. The molecular weight excluding hydrogens is 301 g/mol. The van der Waals surface area contributed by atoms with E-state index in [9.17, 15) is 17.6 Å². The Bertz CT molecular complexity index is 541. The van der Waals surface area contributed by atoms with Crippen LogP contribution in [-0.2, 0) is 21.2 Å². The van der Waals surface area contributed by atoms with Gasteiger partial charge in [-0.3, -0.25) is 0 Å². The van der Waals surface area contributed by atoms with Gasteiger partial charge in [-0.05, 0) is 33.6 Å². The maximum Gasteiger partial charge on any atom is 0.235 e. The fourth-order valence-corrected chi connectivity index (χ4v) is 3.37. The third-order valence-corrected chi connectivity index (χ3v) is 3.80. The van der Waals surface area contributed by atoms with Crippen LogP contribution in [0.3, 0.4) is 0 Å². The smallest absolute Gasteiger partial charge is 0.224 e. The third kappa shape index (κ3) is 2.98. The van der Waals surface area contributed by atoms with E-state index < -0.39 is 20.5 Å². The van der Waals surface area contributed by atoms with Crippen LogP contribution in [0.25, 0.3) is 0 Å². The summed E-state index contributed by atoms with van der Waals surface area (Å²) in [7, 11) is -3.63. The molecule has 4 nitrogen and oxygen atoms in total. The molecule has 0 N–H and O–H groups in total. The molecule has 0 aromatic heterocycles. The first-order valence-electron chi connectivity index (χ1n) is 4.08. The second-order valence-electron chi connectivity index (χ2n) is 3.07. The molecule has 0 aliphatic heterocycles. The highest BCUT2D eigenvalue weighted by Crippen LogP contribution is 2.26. The normalized spacial score (nSPS) is 10.9. The monoisotopic (exact) mass is 307 g/mol. The fraction of sp³-hybridized carbons (Fsp3) is 0.222. The number of sulfone groups is 1. The van der Waals surface area contributed by atoms with Gasteiger partial charge in [-0.25, -0.2) is 22.6 Å². The van der Waals surface area contributed by atoms with Gasteiger partial charge in [0.15, 0.2) is 9.84 Å². The lowest BCUT2D eigenvalue weighted by Crippen LogP contribution is -2.03. The van der Waals surface area contributed by atoms with E-state index in [1.807, 2.05) is 0 Å². The molecular formula is C9H7BrFNO3S. The maximum absolute atomic E-state index is 13.5. The molecule has 0 spiro atoms. The van der Waals surface area contributed by atoms with Crippen molar-refractivity contribution in [2.75, 3.05) is 6.26 Å². The van der Waals surface area contributed by atoms with Crippen molar-refractivity contribution in [3.05, 3.63) is 28.0 Å². The largest absolute Gasteiger partial charge is 0.235 e. The molecule has 0 heterocycles. The lowest BCUT2D eigenvalue weighted by Gasteiger charge is -2.05. The highest BCUT2D eigenvalue weighted by atomic mass is 79.9. The van der Waals surface area contributed by atoms with Crippen LogP contribution in [0.4, 0.5) is 4.39 Å². The zero-order chi connectivity index (χ0) is 12.3. The minimum Gasteiger partial charge on any atom is -0.224 e. The van der Waals surface area contributed by atoms with Crippen LogP contribution in [0, 0.1) is 5.82 Å². The molecule has 0 radical (unpaired) electrons. The summed E-state index contributed by atoms with van der Waals surface area (Å²) in [6.07, 6.45) is 2.24. The summed E-state index contributed by atoms with van der Waals surface area (Å²) < 4.78 is 36.1. The number of hydrogen-bond acceptors (Lipinski definition) is 4. The van der Waals surface area contributed by atoms with Crippen LogP contribution >= 0.6 is 15.9 Å². The van der Waals surface area contributed by atoms with Gasteiger partial charge >= 0.3 is 0 Å². The van der Waals surface area contributed by atoms with E-state index >= 15 is 0 Å². The quantitative estimate of drug-likeness (QED) is 0.632. The molecule has 86 valence electrons. The Kier molecular flexibility index (Phi) is 3.96. The van der Waals surface area contributed by atoms with Gasteiger partial charge < -0.3 is 0 Å². The van der Waals surface area contributed by atoms with Gasteiger partial charge in [-0.1, -0.05) is 0 Å². The lowest BCUT2D eigenvalue weighted by atomic mass is 10.2. The van der Waals surface area contributed by atoms with Crippen molar-refractivity contribution in [3.8, 4) is 0 Å². The maximum atomic E-state index is 13.5. The van der Waals surface area contributed by atoms with Crippen LogP contribution in [-0.4, -0.2) is 20.8 Å². The highest BCUT2D eigenvalue weighted by Gasteiger charge is 2.18. The van der Waals surface area contributed by atoms with Crippen molar-refractivity contribution < 1.29 is 17.6 Å². The molecule has 1 rings (SSSR count). The second-order valence-corrected chi connectivity index (χ2v) is 5.88. The first kappa shape index (κ1) is 13.0. The number of carbonyl (C=O) groups excluding carboxylic acids is 1. The number of aliphatic imine (C=N–C) groups is 1. The number of isocyanates is 1. The van der Waals surface area contributed by atoms with Gasteiger partial charge in [0.05, 0.1) is 6.54 Å². The predicted molar refractivity (Wildman–Crippen MR) is 59.0 cm³/mol. The van der Waals surface area contributed by atoms with Crippen LogP contribution in [0.1, 0.15) is 5.56 Å². The van der Waals surface area contributed by atoms with Crippen LogP contribution < -0.4 is 0 Å². The number of hydrogen-bond donors (Lipinski definition) is 0. The molecule has 0 aliphatic carbocycles. The fourth-order valence-electron chi connectivity index (χ4n) is 1.18. The molecule has 0 unspecified atom stereocenters. The zero-order valence-corrected chi connectivity index (χ0v) is 10.6. The molecule has 7 heteroatoms. The molecule has 0 atom stereocenters. The number of rotatable bonds is 3. The Balaban J connectivity index is 3.34. The second kappa shape index (κ2) is 4.86. The SMILES string of the molecule is CS(=O)(=O)c1c(F)cc(CN=C=O)cc1Br. The Hall–Kier alpha value is -1.04. The first-order chi connectivity index (χ1) is 7.36. The van der Waals surface area contributed by atoms with Gasteiger partial charge in [0.1, 0.15) is 10.7 Å². The molecule has 1 aromatic rings. The molecule has 0 saturated carbocycles. The van der Waals surface area contributed by atoms with E-state index in [4.69, 9.17) is 0 Å². The van der Waals surface area contributed by atoms with Gasteiger partial charge in [0.2, 0.25) is 6.08 Å². The van der Waals surface area contributed by atoms with Crippen LogP contribution in [0.15, 0.2) is 26.5 Å². The van der Waals surface area contributed by atoms with E-state index in [1.165, 1.54) is 12.1 Å². The minimum atomic E-state index is -3.63. The molecule has 0 saturated heterocycles. The average molecular weight is 308 g/mol. The van der Waals surface area contributed by atoms with Crippen LogP contribution in [0.2, 0.25) is 0 Å². The standard InChI is InChI=1S/C9H7BrFNO3S/c1-16(14,15)9-7(10)2-6(3-8(9)11)4-12-5-13/h2-3H,4H2,1H3. The molecule has 0 fully saturated rings. The Labute approximate surface area is 100 Å². The zero-order valence-electron chi connectivity index (χ0n) is 8.20. The Morgan fingerprint density at radius 2 is 2.12 bits per heavy atom. The Morgan fingerprint density at radius 1 is 1.50 bits per heavy atom. The third-order valence-electron chi connectivity index (χ3n) is 1.76. The topological polar surface area (TPSA) is 63.6 Å². The summed E-state index contributed by atoms with van der Waals surface area (Å²) in [4.78, 5) is 12.8. The van der Waals surface area contributed by atoms with Crippen molar-refractivity contribution in [2.45, 2.75) is 11.4 Å². The van der Waals surface area contributed by atoms with Crippen molar-refractivity contribution in [1.29, 1.82) is 0 Å². The highest BCUT2D eigenvalue weighted by molar-refractivity contribution is 9.10. The average Bonchev–Trinajstić information content (AvgIpc) is 2.11. The summed E-state index contributed by atoms with van der Waals surface area (Å²) in [5, 5.41) is 0. The number of nitrogens with zero attached hydrogens (tertiary/aromatic N) is 1. The van der Waals surface area contributed by atoms with Gasteiger partial charge in [-0.15, -0.1) is 0 Å². The minimum absolute atomic E-state index is 0.0386. The van der Waals surface area contributed by atoms with Crippen molar-refractivity contribution in [3.63, 3.8) is 0 Å². The summed E-state index contributed by atoms with van der Waals surface area (Å²) in [5.74, 6) is -0.868. The molecule has 0 aliphatic rings. The summed E-state index contributed by atoms with van der Waals surface area (Å²) in [5.41, 5.74) is 0.389. The van der Waals surface area contributed by atoms with Crippen LogP contribution in [0.5, 0.6) is 0 Å². The lowest BCUT2D eigenvalue weighted by molar-refractivity contribution is 0.560. The number of halogens is 2. The van der Waals surface area contributed by atoms with Crippen molar-refractivity contribution in [2.24, 2.45) is 4.99 Å². The first-order valence-corrected chi connectivity index (χ1v) is 6.76. The van der Waals surface area contributed by atoms with Crippen molar-refractivity contribution in [1.82, 2.24) is 0 Å². The van der Waals surface area contributed by atoms with E-state index in [1.54, 1.807) is 0 Å². The summed E-state index contributed by atoms with van der Waals surface area (Å²) in [6, 6.07) is 2.43. The molecule has 16 heavy (non-hydrogen) atoms. The summed E-state index contributed by atoms with van der Waals surface area (Å²) >= 11 is 2.97. The van der Waals surface area contributed by atoms with Gasteiger partial charge in [0, 0.05) is 10.7 Å². The van der Waals surface area contributed by atoms with E-state index in [0.29, 0.717) is 5.56 Å². The van der Waals surface area contributed by atoms with Gasteiger partial charge in [-0.2, -0.15) is 0 Å². The van der Waals surface area contributed by atoms with E-state index in [0.717, 1.165) is 12.3 Å². The van der Waals surface area contributed by atoms with E-state index in [2.05, 4.69) is 20.9 Å². The van der Waals surface area contributed by atoms with E-state index in [-0.39, 0.29) is 11.0 Å². The van der Waals surface area contributed by atoms with Gasteiger partial charge in [0.25, 0.3) is 0 Å². The number of benzene rings is 1. The molecule has 0 bridgehead atoms. The molecule has 0 amide bonds. The summed E-state index contributed by atoms with van der Waals surface area (Å²) in [6.45, 7) is -0.0386. The van der Waals surface area contributed by atoms with Crippen molar-refractivity contribution >= 4 is 31.8 Å².